The number of nitrogens with one attached hydrogen (secondary N) is 1. The second kappa shape index (κ2) is 4.37. The number of rotatable bonds is 4. The van der Waals surface area contributed by atoms with Crippen LogP contribution in [0.5, 0.6) is 0 Å². The number of benzene rings is 1. The fourth-order valence-electron chi connectivity index (χ4n) is 2.59. The number of hydrogen-bond donors (Lipinski definition) is 1. The zero-order valence-corrected chi connectivity index (χ0v) is 10.6. The van der Waals surface area contributed by atoms with Crippen LogP contribution in [0.25, 0.3) is 0 Å². The lowest BCUT2D eigenvalue weighted by Gasteiger charge is -2.18. The molecule has 94 valence electrons. The van der Waals surface area contributed by atoms with Gasteiger partial charge < -0.3 is 5.32 Å². The minimum absolute atomic E-state index is 0.149. The maximum absolute atomic E-state index is 13.6. The first-order valence-corrected chi connectivity index (χ1v) is 6.06. The van der Waals surface area contributed by atoms with E-state index in [0.717, 1.165) is 6.42 Å². The molecule has 1 aliphatic carbocycles. The van der Waals surface area contributed by atoms with E-state index < -0.39 is 11.6 Å². The highest BCUT2D eigenvalue weighted by atomic mass is 19.1. The van der Waals surface area contributed by atoms with Gasteiger partial charge in [0.1, 0.15) is 11.6 Å². The Kier molecular flexibility index (Phi) is 3.21. The smallest absolute Gasteiger partial charge is 0.129 e. The van der Waals surface area contributed by atoms with Gasteiger partial charge >= 0.3 is 0 Å². The molecule has 0 aliphatic heterocycles. The summed E-state index contributed by atoms with van der Waals surface area (Å²) in [5.74, 6) is -0.376. The Morgan fingerprint density at radius 1 is 1.35 bits per heavy atom. The predicted octanol–water partition coefficient (Wildman–Crippen LogP) is 3.14. The van der Waals surface area contributed by atoms with Crippen LogP contribution in [0.4, 0.5) is 8.78 Å². The first kappa shape index (κ1) is 12.5. The summed E-state index contributed by atoms with van der Waals surface area (Å²) in [7, 11) is 1.86. The van der Waals surface area contributed by atoms with Crippen LogP contribution in [0.3, 0.4) is 0 Å². The summed E-state index contributed by atoms with van der Waals surface area (Å²) in [6, 6.07) is 4.20. The minimum atomic E-state index is -0.441. The highest BCUT2D eigenvalue weighted by Crippen LogP contribution is 2.54. The molecule has 1 N–H and O–H groups in total. The monoisotopic (exact) mass is 239 g/mol. The molecule has 0 radical (unpaired) electrons. The third kappa shape index (κ3) is 2.49. The van der Waals surface area contributed by atoms with Crippen LogP contribution >= 0.6 is 0 Å². The third-order valence-corrected chi connectivity index (χ3v) is 3.93. The molecule has 0 bridgehead atoms. The van der Waals surface area contributed by atoms with Gasteiger partial charge in [0, 0.05) is 11.6 Å². The van der Waals surface area contributed by atoms with Crippen LogP contribution in [0.1, 0.15) is 25.8 Å². The van der Waals surface area contributed by atoms with E-state index in [1.807, 2.05) is 7.05 Å². The van der Waals surface area contributed by atoms with E-state index in [2.05, 4.69) is 19.2 Å². The number of likely N-dealkylation sites (N-methyl/N-ethyl adjacent to an activating group) is 1. The minimum Gasteiger partial charge on any atom is -0.316 e. The van der Waals surface area contributed by atoms with Gasteiger partial charge in [0.2, 0.25) is 0 Å². The van der Waals surface area contributed by atoms with E-state index in [-0.39, 0.29) is 11.6 Å². The first-order chi connectivity index (χ1) is 7.95. The largest absolute Gasteiger partial charge is 0.316 e. The SMILES string of the molecule is CNC(Cc1c(F)cccc1F)C1CC1(C)C. The van der Waals surface area contributed by atoms with E-state index in [1.54, 1.807) is 0 Å². The maximum atomic E-state index is 13.6. The summed E-state index contributed by atoms with van der Waals surface area (Å²) < 4.78 is 27.1. The Labute approximate surface area is 101 Å². The fraction of sp³-hybridized carbons (Fsp3) is 0.571. The van der Waals surface area contributed by atoms with Crippen molar-refractivity contribution in [2.45, 2.75) is 32.7 Å². The quantitative estimate of drug-likeness (QED) is 0.851. The second-order valence-electron chi connectivity index (χ2n) is 5.60. The Hall–Kier alpha value is -0.960. The van der Waals surface area contributed by atoms with Gasteiger partial charge in [0.05, 0.1) is 0 Å². The van der Waals surface area contributed by atoms with Crippen molar-refractivity contribution in [1.82, 2.24) is 5.32 Å². The predicted molar refractivity (Wildman–Crippen MR) is 64.8 cm³/mol. The summed E-state index contributed by atoms with van der Waals surface area (Å²) in [6.07, 6.45) is 1.54. The molecule has 1 aliphatic rings. The van der Waals surface area contributed by atoms with Gasteiger partial charge in [-0.1, -0.05) is 19.9 Å². The molecule has 0 amide bonds. The van der Waals surface area contributed by atoms with Crippen molar-refractivity contribution >= 4 is 0 Å². The van der Waals surface area contributed by atoms with Crippen molar-refractivity contribution in [2.24, 2.45) is 11.3 Å². The van der Waals surface area contributed by atoms with Gasteiger partial charge in [0.25, 0.3) is 0 Å². The van der Waals surface area contributed by atoms with E-state index in [0.29, 0.717) is 17.8 Å². The molecule has 0 spiro atoms. The van der Waals surface area contributed by atoms with E-state index in [4.69, 9.17) is 0 Å². The Morgan fingerprint density at radius 2 is 1.88 bits per heavy atom. The van der Waals surface area contributed by atoms with Crippen LogP contribution < -0.4 is 5.32 Å². The highest BCUT2D eigenvalue weighted by Gasteiger charge is 2.49. The summed E-state index contributed by atoms with van der Waals surface area (Å²) in [6.45, 7) is 4.39. The third-order valence-electron chi connectivity index (χ3n) is 3.93. The molecule has 0 saturated heterocycles. The molecule has 2 unspecified atom stereocenters. The molecule has 1 aromatic carbocycles. The van der Waals surface area contributed by atoms with Crippen molar-refractivity contribution in [3.05, 3.63) is 35.4 Å². The fourth-order valence-corrected chi connectivity index (χ4v) is 2.59. The summed E-state index contributed by atoms with van der Waals surface area (Å²) in [5.41, 5.74) is 0.504. The van der Waals surface area contributed by atoms with Gasteiger partial charge in [-0.25, -0.2) is 8.78 Å². The molecule has 0 heterocycles. The molecule has 2 rings (SSSR count). The van der Waals surface area contributed by atoms with Gasteiger partial charge in [-0.05, 0) is 43.4 Å². The van der Waals surface area contributed by atoms with Crippen LogP contribution in [0, 0.1) is 23.0 Å². The molecular weight excluding hydrogens is 220 g/mol. The topological polar surface area (TPSA) is 12.0 Å². The Balaban J connectivity index is 2.14. The summed E-state index contributed by atoms with van der Waals surface area (Å²) >= 11 is 0. The van der Waals surface area contributed by atoms with Crippen molar-refractivity contribution in [3.63, 3.8) is 0 Å². The average molecular weight is 239 g/mol. The molecule has 3 heteroatoms. The number of hydrogen-bond acceptors (Lipinski definition) is 1. The lowest BCUT2D eigenvalue weighted by Crippen LogP contribution is -2.32. The molecule has 1 nitrogen and oxygen atoms in total. The molecular formula is C14H19F2N. The molecule has 1 fully saturated rings. The van der Waals surface area contributed by atoms with E-state index in [1.165, 1.54) is 18.2 Å². The van der Waals surface area contributed by atoms with Crippen molar-refractivity contribution in [2.75, 3.05) is 7.05 Å². The first-order valence-electron chi connectivity index (χ1n) is 6.06. The molecule has 0 aromatic heterocycles. The lowest BCUT2D eigenvalue weighted by molar-refractivity contribution is 0.413. The molecule has 2 atom stereocenters. The van der Waals surface area contributed by atoms with Crippen molar-refractivity contribution < 1.29 is 8.78 Å². The van der Waals surface area contributed by atoms with Gasteiger partial charge in [-0.15, -0.1) is 0 Å². The molecule has 1 saturated carbocycles. The van der Waals surface area contributed by atoms with Crippen molar-refractivity contribution in [1.29, 1.82) is 0 Å². The summed E-state index contributed by atoms with van der Waals surface area (Å²) in [5, 5.41) is 3.19. The average Bonchev–Trinajstić information content (AvgIpc) is 2.87. The molecule has 17 heavy (non-hydrogen) atoms. The van der Waals surface area contributed by atoms with Crippen molar-refractivity contribution in [3.8, 4) is 0 Å². The van der Waals surface area contributed by atoms with Crippen LogP contribution in [-0.2, 0) is 6.42 Å². The normalized spacial score (nSPS) is 23.5. The van der Waals surface area contributed by atoms with E-state index in [9.17, 15) is 8.78 Å². The lowest BCUT2D eigenvalue weighted by atomic mass is 9.97. The summed E-state index contributed by atoms with van der Waals surface area (Å²) in [4.78, 5) is 0. The standard InChI is InChI=1S/C14H19F2N/c1-14(2)8-10(14)13(17-3)7-9-11(15)5-4-6-12(9)16/h4-6,10,13,17H,7-8H2,1-3H3. The van der Waals surface area contributed by atoms with Crippen LogP contribution in [0.2, 0.25) is 0 Å². The van der Waals surface area contributed by atoms with Gasteiger partial charge in [0.15, 0.2) is 0 Å². The second-order valence-corrected chi connectivity index (χ2v) is 5.60. The number of halogens is 2. The Morgan fingerprint density at radius 3 is 2.29 bits per heavy atom. The van der Waals surface area contributed by atoms with Crippen LogP contribution in [0.15, 0.2) is 18.2 Å². The zero-order valence-electron chi connectivity index (χ0n) is 10.6. The van der Waals surface area contributed by atoms with Crippen LogP contribution in [-0.4, -0.2) is 13.1 Å². The Bertz CT molecular complexity index is 394. The van der Waals surface area contributed by atoms with Gasteiger partial charge in [-0.3, -0.25) is 0 Å². The molecule has 1 aromatic rings. The maximum Gasteiger partial charge on any atom is 0.129 e. The van der Waals surface area contributed by atoms with Gasteiger partial charge in [-0.2, -0.15) is 0 Å². The highest BCUT2D eigenvalue weighted by molar-refractivity contribution is 5.22. The zero-order chi connectivity index (χ0) is 12.6. The van der Waals surface area contributed by atoms with E-state index >= 15 is 0 Å².